The fourth-order valence-corrected chi connectivity index (χ4v) is 4.81. The zero-order chi connectivity index (χ0) is 20.9. The van der Waals surface area contributed by atoms with Gasteiger partial charge >= 0.3 is 0 Å². The van der Waals surface area contributed by atoms with Gasteiger partial charge in [0.15, 0.2) is 9.84 Å². The van der Waals surface area contributed by atoms with E-state index in [9.17, 15) is 17.6 Å². The van der Waals surface area contributed by atoms with Crippen LogP contribution < -0.4 is 0 Å². The SMILES string of the molecule is COCCS(=O)(=O)c1ccc(C(=O)N2CCC(Cc3cccc(F)c3)CC2)cc1. The monoisotopic (exact) mass is 419 g/mol. The van der Waals surface area contributed by atoms with Crippen LogP contribution in [0.15, 0.2) is 53.4 Å². The molecule has 0 saturated carbocycles. The van der Waals surface area contributed by atoms with Gasteiger partial charge in [0, 0.05) is 25.8 Å². The van der Waals surface area contributed by atoms with Gasteiger partial charge in [0.05, 0.1) is 17.3 Å². The number of hydrogen-bond acceptors (Lipinski definition) is 4. The third-order valence-electron chi connectivity index (χ3n) is 5.33. The van der Waals surface area contributed by atoms with E-state index < -0.39 is 9.84 Å². The molecule has 1 saturated heterocycles. The van der Waals surface area contributed by atoms with Crippen LogP contribution in [0.5, 0.6) is 0 Å². The largest absolute Gasteiger partial charge is 0.384 e. The third-order valence-corrected chi connectivity index (χ3v) is 7.03. The van der Waals surface area contributed by atoms with E-state index in [0.29, 0.717) is 24.6 Å². The number of sulfone groups is 1. The van der Waals surface area contributed by atoms with Crippen molar-refractivity contribution in [1.82, 2.24) is 4.90 Å². The highest BCUT2D eigenvalue weighted by atomic mass is 32.2. The molecule has 29 heavy (non-hydrogen) atoms. The fraction of sp³-hybridized carbons (Fsp3) is 0.409. The number of hydrogen-bond donors (Lipinski definition) is 0. The zero-order valence-corrected chi connectivity index (χ0v) is 17.3. The first kappa shape index (κ1) is 21.5. The summed E-state index contributed by atoms with van der Waals surface area (Å²) in [6.07, 6.45) is 2.55. The minimum atomic E-state index is -3.41. The summed E-state index contributed by atoms with van der Waals surface area (Å²) in [5.41, 5.74) is 1.47. The van der Waals surface area contributed by atoms with Crippen LogP contribution in [0.25, 0.3) is 0 Å². The summed E-state index contributed by atoms with van der Waals surface area (Å²) in [4.78, 5) is 14.7. The standard InChI is InChI=1S/C22H26FNO4S/c1-28-13-14-29(26,27)21-7-5-19(6-8-21)22(25)24-11-9-17(10-12-24)15-18-3-2-4-20(23)16-18/h2-8,16-17H,9-15H2,1H3. The van der Waals surface area contributed by atoms with Crippen molar-refractivity contribution in [2.24, 2.45) is 5.92 Å². The van der Waals surface area contributed by atoms with Crippen LogP contribution in [-0.2, 0) is 21.0 Å². The summed E-state index contributed by atoms with van der Waals surface area (Å²) >= 11 is 0. The van der Waals surface area contributed by atoms with Crippen molar-refractivity contribution in [3.8, 4) is 0 Å². The number of ether oxygens (including phenoxy) is 1. The molecule has 2 aromatic rings. The second-order valence-corrected chi connectivity index (χ2v) is 9.51. The van der Waals surface area contributed by atoms with Gasteiger partial charge in [-0.2, -0.15) is 0 Å². The molecule has 0 unspecified atom stereocenters. The summed E-state index contributed by atoms with van der Waals surface area (Å²) in [5.74, 6) is 0.0299. The quantitative estimate of drug-likeness (QED) is 0.691. The van der Waals surface area contributed by atoms with Crippen LogP contribution in [0.2, 0.25) is 0 Å². The number of carbonyl (C=O) groups excluding carboxylic acids is 1. The van der Waals surface area contributed by atoms with Crippen molar-refractivity contribution in [3.63, 3.8) is 0 Å². The summed E-state index contributed by atoms with van der Waals surface area (Å²) in [5, 5.41) is 0. The maximum atomic E-state index is 13.3. The highest BCUT2D eigenvalue weighted by Crippen LogP contribution is 2.23. The van der Waals surface area contributed by atoms with Crippen molar-refractivity contribution in [2.45, 2.75) is 24.2 Å². The number of benzene rings is 2. The molecule has 1 fully saturated rings. The lowest BCUT2D eigenvalue weighted by Gasteiger charge is -2.32. The molecule has 2 aromatic carbocycles. The minimum absolute atomic E-state index is 0.0877. The molecule has 0 atom stereocenters. The second-order valence-electron chi connectivity index (χ2n) is 7.41. The Morgan fingerprint density at radius 3 is 2.45 bits per heavy atom. The van der Waals surface area contributed by atoms with Gasteiger partial charge in [0.25, 0.3) is 5.91 Å². The van der Waals surface area contributed by atoms with E-state index in [1.54, 1.807) is 29.2 Å². The Morgan fingerprint density at radius 1 is 1.14 bits per heavy atom. The van der Waals surface area contributed by atoms with Crippen molar-refractivity contribution < 1.29 is 22.3 Å². The summed E-state index contributed by atoms with van der Waals surface area (Å²) in [6, 6.07) is 12.8. The van der Waals surface area contributed by atoms with E-state index in [1.807, 2.05) is 6.07 Å². The molecule has 0 aromatic heterocycles. The number of likely N-dealkylation sites (tertiary alicyclic amines) is 1. The number of amides is 1. The highest BCUT2D eigenvalue weighted by molar-refractivity contribution is 7.91. The van der Waals surface area contributed by atoms with Gasteiger partial charge in [-0.05, 0) is 67.1 Å². The van der Waals surface area contributed by atoms with Crippen molar-refractivity contribution in [1.29, 1.82) is 0 Å². The Bertz CT molecular complexity index is 936. The predicted octanol–water partition coefficient (Wildman–Crippen LogP) is 3.34. The summed E-state index contributed by atoms with van der Waals surface area (Å²) in [7, 11) is -1.95. The first-order chi connectivity index (χ1) is 13.9. The van der Waals surface area contributed by atoms with Gasteiger partial charge in [-0.15, -0.1) is 0 Å². The summed E-state index contributed by atoms with van der Waals surface area (Å²) < 4.78 is 42.5. The molecular formula is C22H26FNO4S. The van der Waals surface area contributed by atoms with Crippen LogP contribution in [0, 0.1) is 11.7 Å². The fourth-order valence-electron chi connectivity index (χ4n) is 3.64. The average molecular weight is 420 g/mol. The lowest BCUT2D eigenvalue weighted by atomic mass is 9.90. The molecule has 1 aliphatic rings. The van der Waals surface area contributed by atoms with Gasteiger partial charge in [-0.1, -0.05) is 12.1 Å². The Hall–Kier alpha value is -2.25. The average Bonchev–Trinajstić information content (AvgIpc) is 2.72. The van der Waals surface area contributed by atoms with E-state index in [-0.39, 0.29) is 29.0 Å². The van der Waals surface area contributed by atoms with Crippen LogP contribution >= 0.6 is 0 Å². The maximum absolute atomic E-state index is 13.3. The zero-order valence-electron chi connectivity index (χ0n) is 16.5. The summed E-state index contributed by atoms with van der Waals surface area (Å²) in [6.45, 7) is 1.42. The van der Waals surface area contributed by atoms with Crippen LogP contribution in [-0.4, -0.2) is 51.8 Å². The molecule has 0 bridgehead atoms. The smallest absolute Gasteiger partial charge is 0.253 e. The topological polar surface area (TPSA) is 63.7 Å². The van der Waals surface area contributed by atoms with E-state index in [2.05, 4.69) is 0 Å². The van der Waals surface area contributed by atoms with E-state index in [1.165, 1.54) is 25.3 Å². The van der Waals surface area contributed by atoms with Crippen molar-refractivity contribution in [3.05, 3.63) is 65.5 Å². The molecule has 7 heteroatoms. The molecule has 0 aliphatic carbocycles. The molecule has 0 radical (unpaired) electrons. The van der Waals surface area contributed by atoms with Gasteiger partial charge in [-0.3, -0.25) is 4.79 Å². The number of carbonyl (C=O) groups is 1. The van der Waals surface area contributed by atoms with E-state index in [0.717, 1.165) is 24.8 Å². The molecule has 3 rings (SSSR count). The molecule has 1 aliphatic heterocycles. The van der Waals surface area contributed by atoms with Gasteiger partial charge < -0.3 is 9.64 Å². The number of rotatable bonds is 7. The van der Waals surface area contributed by atoms with Crippen molar-refractivity contribution in [2.75, 3.05) is 32.6 Å². The predicted molar refractivity (Wildman–Crippen MR) is 109 cm³/mol. The van der Waals surface area contributed by atoms with Crippen LogP contribution in [0.1, 0.15) is 28.8 Å². The number of halogens is 1. The molecule has 0 spiro atoms. The van der Waals surface area contributed by atoms with Crippen molar-refractivity contribution >= 4 is 15.7 Å². The van der Waals surface area contributed by atoms with E-state index >= 15 is 0 Å². The van der Waals surface area contributed by atoms with Crippen LogP contribution in [0.3, 0.4) is 0 Å². The molecule has 5 nitrogen and oxygen atoms in total. The number of piperidine rings is 1. The second kappa shape index (κ2) is 9.50. The minimum Gasteiger partial charge on any atom is -0.384 e. The maximum Gasteiger partial charge on any atom is 0.253 e. The molecule has 0 N–H and O–H groups in total. The number of nitrogens with zero attached hydrogens (tertiary/aromatic N) is 1. The Labute approximate surface area is 171 Å². The Balaban J connectivity index is 1.56. The molecular weight excluding hydrogens is 393 g/mol. The van der Waals surface area contributed by atoms with Crippen LogP contribution in [0.4, 0.5) is 4.39 Å². The lowest BCUT2D eigenvalue weighted by Crippen LogP contribution is -2.38. The molecule has 1 amide bonds. The third kappa shape index (κ3) is 5.64. The first-order valence-corrected chi connectivity index (χ1v) is 11.4. The number of methoxy groups -OCH3 is 1. The highest BCUT2D eigenvalue weighted by Gasteiger charge is 2.24. The van der Waals surface area contributed by atoms with Gasteiger partial charge in [0.1, 0.15) is 5.82 Å². The van der Waals surface area contributed by atoms with E-state index in [4.69, 9.17) is 4.74 Å². The lowest BCUT2D eigenvalue weighted by molar-refractivity contribution is 0.0690. The van der Waals surface area contributed by atoms with Gasteiger partial charge in [0.2, 0.25) is 0 Å². The Kier molecular flexibility index (Phi) is 7.03. The molecule has 1 heterocycles. The molecule has 156 valence electrons. The van der Waals surface area contributed by atoms with Gasteiger partial charge in [-0.25, -0.2) is 12.8 Å². The normalized spacial score (nSPS) is 15.4. The first-order valence-electron chi connectivity index (χ1n) is 9.74. The Morgan fingerprint density at radius 2 is 1.83 bits per heavy atom.